The molecule has 70 valence electrons. The van der Waals surface area contributed by atoms with Crippen molar-refractivity contribution in [2.45, 2.75) is 19.8 Å². The summed E-state index contributed by atoms with van der Waals surface area (Å²) < 4.78 is 0. The van der Waals surface area contributed by atoms with E-state index >= 15 is 0 Å². The highest BCUT2D eigenvalue weighted by Gasteiger charge is 1.97. The first-order chi connectivity index (χ1) is 6.27. The molecule has 1 nitrogen and oxygen atoms in total. The predicted octanol–water partition coefficient (Wildman–Crippen LogP) is 2.56. The molecule has 0 saturated carbocycles. The summed E-state index contributed by atoms with van der Waals surface area (Å²) in [6, 6.07) is 6.30. The lowest BCUT2D eigenvalue weighted by Crippen LogP contribution is -1.92. The van der Waals surface area contributed by atoms with Gasteiger partial charge in [0.05, 0.1) is 0 Å². The van der Waals surface area contributed by atoms with Crippen LogP contribution in [-0.4, -0.2) is 11.7 Å². The first kappa shape index (κ1) is 10.0. The lowest BCUT2D eigenvalue weighted by Gasteiger charge is -2.05. The summed E-state index contributed by atoms with van der Waals surface area (Å²) in [5.74, 6) is 0. The first-order valence-corrected chi connectivity index (χ1v) is 4.60. The number of rotatable bonds is 4. The zero-order valence-electron chi connectivity index (χ0n) is 8.09. The smallest absolute Gasteiger partial charge is 0.0434 e. The molecule has 0 aromatic heterocycles. The van der Waals surface area contributed by atoms with Crippen LogP contribution in [0.3, 0.4) is 0 Å². The molecule has 0 aliphatic heterocycles. The number of hydrogen-bond donors (Lipinski definition) is 1. The Labute approximate surface area is 79.7 Å². The van der Waals surface area contributed by atoms with E-state index in [-0.39, 0.29) is 6.61 Å². The number of aliphatic hydroxyl groups is 1. The quantitative estimate of drug-likeness (QED) is 0.747. The van der Waals surface area contributed by atoms with Crippen LogP contribution < -0.4 is 0 Å². The van der Waals surface area contributed by atoms with E-state index in [0.29, 0.717) is 0 Å². The first-order valence-electron chi connectivity index (χ1n) is 4.60. The minimum Gasteiger partial charge on any atom is -0.396 e. The highest BCUT2D eigenvalue weighted by atomic mass is 16.2. The molecule has 1 N–H and O–H groups in total. The maximum absolute atomic E-state index is 8.70. The molecule has 0 bridgehead atoms. The van der Waals surface area contributed by atoms with Crippen molar-refractivity contribution in [3.05, 3.63) is 41.5 Å². The largest absolute Gasteiger partial charge is 0.396 e. The lowest BCUT2D eigenvalue weighted by atomic mass is 10.0. The second kappa shape index (κ2) is 4.83. The van der Waals surface area contributed by atoms with Gasteiger partial charge in [-0.25, -0.2) is 0 Å². The van der Waals surface area contributed by atoms with E-state index < -0.39 is 0 Å². The minimum atomic E-state index is 0.267. The fraction of sp³-hybridized carbons (Fsp3) is 0.333. The van der Waals surface area contributed by atoms with Gasteiger partial charge in [0.15, 0.2) is 0 Å². The van der Waals surface area contributed by atoms with Crippen LogP contribution >= 0.6 is 0 Å². The second-order valence-corrected chi connectivity index (χ2v) is 3.22. The zero-order valence-corrected chi connectivity index (χ0v) is 8.09. The average Bonchev–Trinajstić information content (AvgIpc) is 2.16. The van der Waals surface area contributed by atoms with Crippen LogP contribution in [0.2, 0.25) is 0 Å². The third-order valence-electron chi connectivity index (χ3n) is 2.21. The Bertz CT molecular complexity index is 289. The summed E-state index contributed by atoms with van der Waals surface area (Å²) >= 11 is 0. The number of benzene rings is 1. The summed E-state index contributed by atoms with van der Waals surface area (Å²) in [5.41, 5.74) is 3.76. The molecule has 1 heteroatoms. The normalized spacial score (nSPS) is 10.0. The van der Waals surface area contributed by atoms with Crippen LogP contribution in [0.5, 0.6) is 0 Å². The maximum Gasteiger partial charge on any atom is 0.0434 e. The van der Waals surface area contributed by atoms with Gasteiger partial charge in [0.2, 0.25) is 0 Å². The van der Waals surface area contributed by atoms with Gasteiger partial charge in [0, 0.05) is 6.61 Å². The molecule has 0 fully saturated rings. The van der Waals surface area contributed by atoms with Gasteiger partial charge in [-0.2, -0.15) is 0 Å². The van der Waals surface area contributed by atoms with Gasteiger partial charge in [0.25, 0.3) is 0 Å². The van der Waals surface area contributed by atoms with Crippen LogP contribution in [0.25, 0.3) is 6.08 Å². The molecular weight excluding hydrogens is 160 g/mol. The molecule has 0 heterocycles. The SMILES string of the molecule is C=Cc1ccc(CCCO)c(C)c1. The van der Waals surface area contributed by atoms with E-state index in [0.717, 1.165) is 18.4 Å². The Morgan fingerprint density at radius 2 is 2.23 bits per heavy atom. The molecule has 13 heavy (non-hydrogen) atoms. The van der Waals surface area contributed by atoms with Crippen molar-refractivity contribution >= 4 is 6.08 Å². The van der Waals surface area contributed by atoms with Gasteiger partial charge in [-0.05, 0) is 36.5 Å². The average molecular weight is 176 g/mol. The Balaban J connectivity index is 2.79. The molecule has 1 aromatic rings. The van der Waals surface area contributed by atoms with Crippen molar-refractivity contribution in [2.75, 3.05) is 6.61 Å². The van der Waals surface area contributed by atoms with Crippen molar-refractivity contribution < 1.29 is 5.11 Å². The highest BCUT2D eigenvalue weighted by molar-refractivity contribution is 5.49. The van der Waals surface area contributed by atoms with E-state index in [9.17, 15) is 0 Å². The summed E-state index contributed by atoms with van der Waals surface area (Å²) in [7, 11) is 0. The van der Waals surface area contributed by atoms with Crippen molar-refractivity contribution in [3.8, 4) is 0 Å². The van der Waals surface area contributed by atoms with Gasteiger partial charge in [0.1, 0.15) is 0 Å². The van der Waals surface area contributed by atoms with Crippen LogP contribution in [0, 0.1) is 6.92 Å². The van der Waals surface area contributed by atoms with Gasteiger partial charge >= 0.3 is 0 Å². The molecule has 0 spiro atoms. The van der Waals surface area contributed by atoms with E-state index in [1.165, 1.54) is 11.1 Å². The van der Waals surface area contributed by atoms with Crippen molar-refractivity contribution in [1.29, 1.82) is 0 Å². The molecule has 0 amide bonds. The van der Waals surface area contributed by atoms with E-state index in [1.807, 2.05) is 6.08 Å². The Morgan fingerprint density at radius 1 is 1.46 bits per heavy atom. The predicted molar refractivity (Wildman–Crippen MR) is 56.7 cm³/mol. The van der Waals surface area contributed by atoms with Crippen molar-refractivity contribution in [1.82, 2.24) is 0 Å². The molecule has 0 aliphatic rings. The number of hydrogen-bond acceptors (Lipinski definition) is 1. The molecule has 0 radical (unpaired) electrons. The van der Waals surface area contributed by atoms with Gasteiger partial charge in [-0.1, -0.05) is 30.9 Å². The molecule has 0 unspecified atom stereocenters. The summed E-state index contributed by atoms with van der Waals surface area (Å²) in [6.45, 7) is 6.09. The molecule has 1 rings (SSSR count). The molecule has 0 atom stereocenters. The minimum absolute atomic E-state index is 0.267. The topological polar surface area (TPSA) is 20.2 Å². The lowest BCUT2D eigenvalue weighted by molar-refractivity contribution is 0.288. The van der Waals surface area contributed by atoms with Crippen LogP contribution in [0.4, 0.5) is 0 Å². The summed E-state index contributed by atoms with van der Waals surface area (Å²) in [5, 5.41) is 8.70. The standard InChI is InChI=1S/C12H16O/c1-3-11-6-7-12(5-4-8-13)10(2)9-11/h3,6-7,9,13H,1,4-5,8H2,2H3. The second-order valence-electron chi connectivity index (χ2n) is 3.22. The monoisotopic (exact) mass is 176 g/mol. The number of aryl methyl sites for hydroxylation is 2. The Morgan fingerprint density at radius 3 is 2.77 bits per heavy atom. The Hall–Kier alpha value is -1.08. The van der Waals surface area contributed by atoms with Crippen molar-refractivity contribution in [3.63, 3.8) is 0 Å². The van der Waals surface area contributed by atoms with Crippen LogP contribution in [0.15, 0.2) is 24.8 Å². The third-order valence-corrected chi connectivity index (χ3v) is 2.21. The number of aliphatic hydroxyl groups excluding tert-OH is 1. The van der Waals surface area contributed by atoms with E-state index in [1.54, 1.807) is 0 Å². The maximum atomic E-state index is 8.70. The van der Waals surface area contributed by atoms with E-state index in [4.69, 9.17) is 5.11 Å². The van der Waals surface area contributed by atoms with Gasteiger partial charge in [-0.15, -0.1) is 0 Å². The molecular formula is C12H16O. The highest BCUT2D eigenvalue weighted by Crippen LogP contribution is 2.13. The summed E-state index contributed by atoms with van der Waals surface area (Å²) in [4.78, 5) is 0. The van der Waals surface area contributed by atoms with Gasteiger partial charge < -0.3 is 5.11 Å². The molecule has 1 aromatic carbocycles. The fourth-order valence-electron chi connectivity index (χ4n) is 1.40. The van der Waals surface area contributed by atoms with Crippen LogP contribution in [0.1, 0.15) is 23.1 Å². The van der Waals surface area contributed by atoms with E-state index in [2.05, 4.69) is 31.7 Å². The summed E-state index contributed by atoms with van der Waals surface area (Å²) in [6.07, 6.45) is 3.65. The van der Waals surface area contributed by atoms with Crippen LogP contribution in [-0.2, 0) is 6.42 Å². The fourth-order valence-corrected chi connectivity index (χ4v) is 1.40. The zero-order chi connectivity index (χ0) is 9.68. The third kappa shape index (κ3) is 2.71. The molecule has 0 aliphatic carbocycles. The van der Waals surface area contributed by atoms with Crippen molar-refractivity contribution in [2.24, 2.45) is 0 Å². The Kier molecular flexibility index (Phi) is 3.71. The molecule has 0 saturated heterocycles. The van der Waals surface area contributed by atoms with Gasteiger partial charge in [-0.3, -0.25) is 0 Å².